The topological polar surface area (TPSA) is 97.7 Å². The molecule has 0 saturated carbocycles. The van der Waals surface area contributed by atoms with Crippen LogP contribution >= 0.6 is 11.6 Å². The number of hydrazone groups is 1. The van der Waals surface area contributed by atoms with Crippen LogP contribution in [-0.2, 0) is 11.2 Å². The first-order chi connectivity index (χ1) is 13.4. The van der Waals surface area contributed by atoms with Gasteiger partial charge in [0.15, 0.2) is 0 Å². The summed E-state index contributed by atoms with van der Waals surface area (Å²) in [6.45, 7) is 0. The number of nitro benzene ring substituents is 1. The smallest absolute Gasteiger partial charge is 0.288 e. The fourth-order valence-corrected chi connectivity index (χ4v) is 2.56. The van der Waals surface area contributed by atoms with Gasteiger partial charge < -0.3 is 4.42 Å². The Morgan fingerprint density at radius 2 is 1.96 bits per heavy atom. The molecule has 2 aromatic carbocycles. The molecule has 1 aromatic heterocycles. The van der Waals surface area contributed by atoms with Crippen LogP contribution in [0.3, 0.4) is 0 Å². The van der Waals surface area contributed by atoms with Crippen LogP contribution in [0.4, 0.5) is 10.1 Å². The molecular formula is C19H13ClFN3O4. The SMILES string of the molecule is O=C(Cc1ccc(F)cc1)N/N=C\c1ccc(-c2ccc(Cl)c([N+](=O)[O-])c2)o1. The first kappa shape index (κ1) is 19.2. The van der Waals surface area contributed by atoms with Crippen molar-refractivity contribution in [2.24, 2.45) is 5.10 Å². The number of nitrogens with one attached hydrogen (secondary N) is 1. The second kappa shape index (κ2) is 8.45. The molecule has 0 aliphatic carbocycles. The molecule has 0 radical (unpaired) electrons. The Balaban J connectivity index is 1.62. The number of amides is 1. The average Bonchev–Trinajstić information content (AvgIpc) is 3.12. The second-order valence-corrected chi connectivity index (χ2v) is 6.13. The molecule has 3 aromatic rings. The summed E-state index contributed by atoms with van der Waals surface area (Å²) in [5.41, 5.74) is 3.26. The van der Waals surface area contributed by atoms with Gasteiger partial charge in [0.05, 0.1) is 17.6 Å². The molecule has 1 amide bonds. The van der Waals surface area contributed by atoms with Crippen molar-refractivity contribution in [1.82, 2.24) is 5.43 Å². The lowest BCUT2D eigenvalue weighted by Crippen LogP contribution is -2.19. The van der Waals surface area contributed by atoms with E-state index in [0.717, 1.165) is 0 Å². The minimum atomic E-state index is -0.576. The third-order valence-electron chi connectivity index (χ3n) is 3.71. The molecule has 0 bridgehead atoms. The first-order valence-electron chi connectivity index (χ1n) is 8.03. The van der Waals surface area contributed by atoms with Gasteiger partial charge in [0.2, 0.25) is 5.91 Å². The summed E-state index contributed by atoms with van der Waals surface area (Å²) in [4.78, 5) is 22.2. The second-order valence-electron chi connectivity index (χ2n) is 5.72. The molecule has 0 unspecified atom stereocenters. The summed E-state index contributed by atoms with van der Waals surface area (Å²) in [5, 5.41) is 14.8. The molecule has 1 heterocycles. The van der Waals surface area contributed by atoms with Gasteiger partial charge in [-0.1, -0.05) is 23.7 Å². The average molecular weight is 402 g/mol. The summed E-state index contributed by atoms with van der Waals surface area (Å²) in [5.74, 6) is -0.0154. The molecule has 7 nitrogen and oxygen atoms in total. The van der Waals surface area contributed by atoms with Crippen molar-refractivity contribution in [1.29, 1.82) is 0 Å². The molecule has 0 aliphatic rings. The van der Waals surface area contributed by atoms with Gasteiger partial charge in [0.25, 0.3) is 5.69 Å². The van der Waals surface area contributed by atoms with Crippen LogP contribution < -0.4 is 5.43 Å². The monoisotopic (exact) mass is 401 g/mol. The van der Waals surface area contributed by atoms with Crippen LogP contribution in [0, 0.1) is 15.9 Å². The Morgan fingerprint density at radius 1 is 1.21 bits per heavy atom. The van der Waals surface area contributed by atoms with Crippen molar-refractivity contribution in [3.8, 4) is 11.3 Å². The molecule has 0 fully saturated rings. The largest absolute Gasteiger partial charge is 0.455 e. The minimum absolute atomic E-state index is 0.0333. The highest BCUT2D eigenvalue weighted by Gasteiger charge is 2.15. The van der Waals surface area contributed by atoms with Crippen LogP contribution in [0.15, 0.2) is 64.1 Å². The lowest BCUT2D eigenvalue weighted by Gasteiger charge is -2.00. The van der Waals surface area contributed by atoms with E-state index in [9.17, 15) is 19.3 Å². The van der Waals surface area contributed by atoms with Gasteiger partial charge in [0, 0.05) is 11.6 Å². The maximum absolute atomic E-state index is 12.8. The van der Waals surface area contributed by atoms with Crippen LogP contribution in [-0.4, -0.2) is 17.0 Å². The number of rotatable bonds is 6. The summed E-state index contributed by atoms with van der Waals surface area (Å²) in [6, 6.07) is 13.1. The van der Waals surface area contributed by atoms with E-state index in [0.29, 0.717) is 22.6 Å². The van der Waals surface area contributed by atoms with Crippen molar-refractivity contribution < 1.29 is 18.5 Å². The minimum Gasteiger partial charge on any atom is -0.455 e. The van der Waals surface area contributed by atoms with Gasteiger partial charge in [0.1, 0.15) is 22.4 Å². The lowest BCUT2D eigenvalue weighted by molar-refractivity contribution is -0.384. The van der Waals surface area contributed by atoms with E-state index < -0.39 is 4.92 Å². The summed E-state index contributed by atoms with van der Waals surface area (Å²) < 4.78 is 18.4. The van der Waals surface area contributed by atoms with Crippen LogP contribution in [0.25, 0.3) is 11.3 Å². The van der Waals surface area contributed by atoms with E-state index in [-0.39, 0.29) is 28.9 Å². The van der Waals surface area contributed by atoms with E-state index in [2.05, 4.69) is 10.5 Å². The molecule has 3 rings (SSSR count). The number of halogens is 2. The standard InChI is InChI=1S/C19H13ClFN3O4/c20-16-7-3-13(10-17(16)24(26)27)18-8-6-15(28-18)11-22-23-19(25)9-12-1-4-14(21)5-2-12/h1-8,10-11H,9H2,(H,23,25)/b22-11-. The Hall–Kier alpha value is -3.52. The van der Waals surface area contributed by atoms with E-state index in [1.165, 1.54) is 42.6 Å². The molecule has 142 valence electrons. The van der Waals surface area contributed by atoms with Crippen molar-refractivity contribution >= 4 is 29.4 Å². The zero-order valence-electron chi connectivity index (χ0n) is 14.3. The lowest BCUT2D eigenvalue weighted by atomic mass is 10.1. The molecule has 0 atom stereocenters. The van der Waals surface area contributed by atoms with Gasteiger partial charge >= 0.3 is 0 Å². The van der Waals surface area contributed by atoms with E-state index in [4.69, 9.17) is 16.0 Å². The number of nitro groups is 1. The Labute approximate surface area is 163 Å². The van der Waals surface area contributed by atoms with Crippen molar-refractivity contribution in [3.05, 3.63) is 86.9 Å². The van der Waals surface area contributed by atoms with Crippen molar-refractivity contribution in [2.45, 2.75) is 6.42 Å². The third kappa shape index (κ3) is 4.80. The zero-order chi connectivity index (χ0) is 20.1. The Morgan fingerprint density at radius 3 is 2.68 bits per heavy atom. The van der Waals surface area contributed by atoms with Gasteiger partial charge in [-0.05, 0) is 42.0 Å². The van der Waals surface area contributed by atoms with Gasteiger partial charge in [-0.2, -0.15) is 5.10 Å². The highest BCUT2D eigenvalue weighted by molar-refractivity contribution is 6.32. The number of hydrogen-bond donors (Lipinski definition) is 1. The highest BCUT2D eigenvalue weighted by atomic mass is 35.5. The molecule has 0 spiro atoms. The van der Waals surface area contributed by atoms with Gasteiger partial charge in [-0.3, -0.25) is 14.9 Å². The van der Waals surface area contributed by atoms with Gasteiger partial charge in [-0.15, -0.1) is 0 Å². The molecule has 28 heavy (non-hydrogen) atoms. The number of carbonyl (C=O) groups excluding carboxylic acids is 1. The highest BCUT2D eigenvalue weighted by Crippen LogP contribution is 2.30. The maximum atomic E-state index is 12.8. The van der Waals surface area contributed by atoms with Crippen LogP contribution in [0.5, 0.6) is 0 Å². The predicted molar refractivity (Wildman–Crippen MR) is 102 cm³/mol. The molecule has 1 N–H and O–H groups in total. The zero-order valence-corrected chi connectivity index (χ0v) is 15.0. The van der Waals surface area contributed by atoms with Crippen LogP contribution in [0.2, 0.25) is 5.02 Å². The fourth-order valence-electron chi connectivity index (χ4n) is 2.38. The number of hydrogen-bond acceptors (Lipinski definition) is 5. The van der Waals surface area contributed by atoms with E-state index >= 15 is 0 Å². The Kier molecular flexibility index (Phi) is 5.81. The number of carbonyl (C=O) groups is 1. The molecular weight excluding hydrogens is 389 g/mol. The molecule has 0 aliphatic heterocycles. The maximum Gasteiger partial charge on any atom is 0.288 e. The van der Waals surface area contributed by atoms with Gasteiger partial charge in [-0.25, -0.2) is 9.82 Å². The number of furan rings is 1. The normalized spacial score (nSPS) is 10.9. The quantitative estimate of drug-likeness (QED) is 0.377. The number of nitrogens with zero attached hydrogens (tertiary/aromatic N) is 2. The van der Waals surface area contributed by atoms with Crippen molar-refractivity contribution in [3.63, 3.8) is 0 Å². The third-order valence-corrected chi connectivity index (χ3v) is 4.03. The molecule has 0 saturated heterocycles. The van der Waals surface area contributed by atoms with E-state index in [1.54, 1.807) is 18.2 Å². The predicted octanol–water partition coefficient (Wildman–Crippen LogP) is 4.34. The summed E-state index contributed by atoms with van der Waals surface area (Å²) >= 11 is 5.80. The molecule has 9 heteroatoms. The summed E-state index contributed by atoms with van der Waals surface area (Å²) in [7, 11) is 0. The summed E-state index contributed by atoms with van der Waals surface area (Å²) in [6.07, 6.45) is 1.35. The Bertz CT molecular complexity index is 1050. The fraction of sp³-hybridized carbons (Fsp3) is 0.0526. The first-order valence-corrected chi connectivity index (χ1v) is 8.40. The van der Waals surface area contributed by atoms with Crippen LogP contribution in [0.1, 0.15) is 11.3 Å². The number of benzene rings is 2. The van der Waals surface area contributed by atoms with Crippen molar-refractivity contribution in [2.75, 3.05) is 0 Å². The van der Waals surface area contributed by atoms with E-state index in [1.807, 2.05) is 0 Å².